The quantitative estimate of drug-likeness (QED) is 0.637. The highest BCUT2D eigenvalue weighted by Gasteiger charge is 2.41. The number of alkyl halides is 3. The zero-order valence-electron chi connectivity index (χ0n) is 18.3. The SMILES string of the molecule is O=C(CN1C(=O)[C@H](C(=O)N2CCCCCC2)Sc2ccccc21)Nc1cccc(C(F)(F)F)c1. The molecule has 1 saturated heterocycles. The number of rotatable bonds is 4. The van der Waals surface area contributed by atoms with Crippen LogP contribution in [-0.4, -0.2) is 47.5 Å². The van der Waals surface area contributed by atoms with Crippen molar-refractivity contribution < 1.29 is 27.6 Å². The number of nitrogens with one attached hydrogen (secondary N) is 1. The topological polar surface area (TPSA) is 69.7 Å². The molecular formula is C24H24F3N3O3S. The second-order valence-corrected chi connectivity index (χ2v) is 9.40. The van der Waals surface area contributed by atoms with Crippen molar-refractivity contribution in [1.29, 1.82) is 0 Å². The maximum absolute atomic E-state index is 13.4. The molecular weight excluding hydrogens is 467 g/mol. The molecule has 1 N–H and O–H groups in total. The van der Waals surface area contributed by atoms with Crippen LogP contribution in [0.25, 0.3) is 0 Å². The van der Waals surface area contributed by atoms with Gasteiger partial charge in [-0.2, -0.15) is 13.2 Å². The third-order valence-corrected chi connectivity index (χ3v) is 7.05. The van der Waals surface area contributed by atoms with Crippen molar-refractivity contribution in [1.82, 2.24) is 4.90 Å². The van der Waals surface area contributed by atoms with Gasteiger partial charge in [0.1, 0.15) is 6.54 Å². The zero-order valence-corrected chi connectivity index (χ0v) is 19.1. The molecule has 0 spiro atoms. The number of para-hydroxylation sites is 1. The van der Waals surface area contributed by atoms with E-state index in [0.29, 0.717) is 23.7 Å². The number of amides is 3. The number of thioether (sulfide) groups is 1. The highest BCUT2D eigenvalue weighted by Crippen LogP contribution is 2.40. The summed E-state index contributed by atoms with van der Waals surface area (Å²) in [5, 5.41) is 1.43. The van der Waals surface area contributed by atoms with E-state index in [4.69, 9.17) is 0 Å². The Morgan fingerprint density at radius 2 is 1.71 bits per heavy atom. The standard InChI is InChI=1S/C24H24F3N3O3S/c25-24(26,27)16-8-7-9-17(14-16)28-20(31)15-30-18-10-3-4-11-19(18)34-21(23(30)33)22(32)29-12-5-1-2-6-13-29/h3-4,7-11,14,21H,1-2,5-6,12-13,15H2,(H,28,31)/t21-/m0/s1. The van der Waals surface area contributed by atoms with Gasteiger partial charge >= 0.3 is 6.18 Å². The summed E-state index contributed by atoms with van der Waals surface area (Å²) in [6.45, 7) is 0.776. The van der Waals surface area contributed by atoms with E-state index in [1.54, 1.807) is 29.2 Å². The van der Waals surface area contributed by atoms with Gasteiger partial charge in [0.15, 0.2) is 5.25 Å². The summed E-state index contributed by atoms with van der Waals surface area (Å²) < 4.78 is 39.0. The van der Waals surface area contributed by atoms with Crippen molar-refractivity contribution in [2.24, 2.45) is 0 Å². The van der Waals surface area contributed by atoms with Crippen molar-refractivity contribution in [3.05, 3.63) is 54.1 Å². The van der Waals surface area contributed by atoms with Crippen LogP contribution in [0.1, 0.15) is 31.2 Å². The van der Waals surface area contributed by atoms with E-state index in [9.17, 15) is 27.6 Å². The Morgan fingerprint density at radius 3 is 2.41 bits per heavy atom. The number of nitrogens with zero attached hydrogens (tertiary/aromatic N) is 2. The van der Waals surface area contributed by atoms with Crippen LogP contribution >= 0.6 is 11.8 Å². The van der Waals surface area contributed by atoms with Gasteiger partial charge in [-0.1, -0.05) is 31.0 Å². The molecule has 3 amide bonds. The Kier molecular flexibility index (Phi) is 7.16. The molecule has 1 fully saturated rings. The summed E-state index contributed by atoms with van der Waals surface area (Å²) in [6, 6.07) is 11.3. The van der Waals surface area contributed by atoms with Crippen LogP contribution in [0, 0.1) is 0 Å². The summed E-state index contributed by atoms with van der Waals surface area (Å²) in [7, 11) is 0. The lowest BCUT2D eigenvalue weighted by molar-refractivity contribution is -0.137. The Morgan fingerprint density at radius 1 is 1.00 bits per heavy atom. The van der Waals surface area contributed by atoms with E-state index in [1.165, 1.54) is 28.8 Å². The first-order valence-electron chi connectivity index (χ1n) is 11.1. The van der Waals surface area contributed by atoms with Gasteiger partial charge in [-0.15, -0.1) is 11.8 Å². The minimum Gasteiger partial charge on any atom is -0.341 e. The van der Waals surface area contributed by atoms with Crippen LogP contribution in [0.5, 0.6) is 0 Å². The fourth-order valence-corrected chi connectivity index (χ4v) is 5.30. The van der Waals surface area contributed by atoms with Crippen LogP contribution < -0.4 is 10.2 Å². The number of anilines is 2. The minimum atomic E-state index is -4.54. The van der Waals surface area contributed by atoms with Crippen LogP contribution in [0.15, 0.2) is 53.4 Å². The summed E-state index contributed by atoms with van der Waals surface area (Å²) in [5.41, 5.74) is -0.412. The van der Waals surface area contributed by atoms with Crippen molar-refractivity contribution in [3.63, 3.8) is 0 Å². The maximum Gasteiger partial charge on any atom is 0.416 e. The number of carbonyl (C=O) groups excluding carboxylic acids is 3. The van der Waals surface area contributed by atoms with E-state index in [-0.39, 0.29) is 11.6 Å². The van der Waals surface area contributed by atoms with Crippen LogP contribution in [0.3, 0.4) is 0 Å². The molecule has 4 rings (SSSR count). The first kappa shape index (κ1) is 24.1. The molecule has 2 aromatic rings. The summed E-state index contributed by atoms with van der Waals surface area (Å²) >= 11 is 1.17. The first-order valence-corrected chi connectivity index (χ1v) is 11.9. The second-order valence-electron chi connectivity index (χ2n) is 8.26. The molecule has 0 aliphatic carbocycles. The number of benzene rings is 2. The molecule has 1 atom stereocenters. The molecule has 2 aliphatic heterocycles. The Balaban J connectivity index is 1.53. The average Bonchev–Trinajstić information content (AvgIpc) is 3.09. The van der Waals surface area contributed by atoms with Crippen LogP contribution in [-0.2, 0) is 20.6 Å². The number of fused-ring (bicyclic) bond motifs is 1. The number of halogens is 3. The fourth-order valence-electron chi connectivity index (χ4n) is 4.11. The fraction of sp³-hybridized carbons (Fsp3) is 0.375. The third kappa shape index (κ3) is 5.38. The number of hydrogen-bond donors (Lipinski definition) is 1. The molecule has 180 valence electrons. The highest BCUT2D eigenvalue weighted by atomic mass is 32.2. The van der Waals surface area contributed by atoms with Crippen LogP contribution in [0.4, 0.5) is 24.5 Å². The lowest BCUT2D eigenvalue weighted by atomic mass is 10.2. The third-order valence-electron chi connectivity index (χ3n) is 5.81. The average molecular weight is 492 g/mol. The molecule has 10 heteroatoms. The zero-order chi connectivity index (χ0) is 24.3. The van der Waals surface area contributed by atoms with Crippen molar-refractivity contribution in [3.8, 4) is 0 Å². The minimum absolute atomic E-state index is 0.0239. The van der Waals surface area contributed by atoms with E-state index in [0.717, 1.165) is 37.8 Å². The molecule has 0 unspecified atom stereocenters. The monoisotopic (exact) mass is 491 g/mol. The van der Waals surface area contributed by atoms with Gasteiger partial charge < -0.3 is 15.1 Å². The molecule has 34 heavy (non-hydrogen) atoms. The lowest BCUT2D eigenvalue weighted by Crippen LogP contribution is -2.51. The van der Waals surface area contributed by atoms with E-state index in [1.807, 2.05) is 0 Å². The van der Waals surface area contributed by atoms with Gasteiger partial charge in [0.25, 0.3) is 5.91 Å². The van der Waals surface area contributed by atoms with Crippen molar-refractivity contribution >= 4 is 40.9 Å². The second kappa shape index (κ2) is 10.1. The number of hydrogen-bond acceptors (Lipinski definition) is 4. The molecule has 2 aliphatic rings. The molecule has 2 heterocycles. The normalized spacial score (nSPS) is 18.8. The predicted octanol–water partition coefficient (Wildman–Crippen LogP) is 4.55. The molecule has 0 bridgehead atoms. The Bertz CT molecular complexity index is 1080. The van der Waals surface area contributed by atoms with E-state index >= 15 is 0 Å². The van der Waals surface area contributed by atoms with Gasteiger partial charge in [-0.05, 0) is 43.2 Å². The van der Waals surface area contributed by atoms with Crippen LogP contribution in [0.2, 0.25) is 0 Å². The number of carbonyl (C=O) groups is 3. The Labute approximate surface area is 199 Å². The smallest absolute Gasteiger partial charge is 0.341 e. The molecule has 0 radical (unpaired) electrons. The van der Waals surface area contributed by atoms with Gasteiger partial charge in [0, 0.05) is 23.7 Å². The summed E-state index contributed by atoms with van der Waals surface area (Å²) in [6.07, 6.45) is -0.685. The van der Waals surface area contributed by atoms with Gasteiger partial charge in [-0.3, -0.25) is 14.4 Å². The molecule has 0 aromatic heterocycles. The predicted molar refractivity (Wildman–Crippen MR) is 124 cm³/mol. The summed E-state index contributed by atoms with van der Waals surface area (Å²) in [5.74, 6) is -1.43. The van der Waals surface area contributed by atoms with E-state index < -0.39 is 35.3 Å². The maximum atomic E-state index is 13.4. The molecule has 2 aromatic carbocycles. The largest absolute Gasteiger partial charge is 0.416 e. The lowest BCUT2D eigenvalue weighted by Gasteiger charge is -2.34. The first-order chi connectivity index (χ1) is 16.2. The molecule has 6 nitrogen and oxygen atoms in total. The van der Waals surface area contributed by atoms with Crippen molar-refractivity contribution in [2.75, 3.05) is 29.9 Å². The van der Waals surface area contributed by atoms with E-state index in [2.05, 4.69) is 5.32 Å². The molecule has 0 saturated carbocycles. The van der Waals surface area contributed by atoms with Gasteiger partial charge in [0.05, 0.1) is 11.3 Å². The Hall–Kier alpha value is -3.01. The van der Waals surface area contributed by atoms with Gasteiger partial charge in [-0.25, -0.2) is 0 Å². The number of likely N-dealkylation sites (tertiary alicyclic amines) is 1. The highest BCUT2D eigenvalue weighted by molar-refractivity contribution is 8.01. The van der Waals surface area contributed by atoms with Gasteiger partial charge in [0.2, 0.25) is 11.8 Å². The summed E-state index contributed by atoms with van der Waals surface area (Å²) in [4.78, 5) is 43.0. The van der Waals surface area contributed by atoms with Crippen molar-refractivity contribution in [2.45, 2.75) is 42.0 Å².